The maximum atomic E-state index is 12.0. The Morgan fingerprint density at radius 2 is 1.63 bits per heavy atom. The monoisotopic (exact) mass is 369 g/mol. The van der Waals surface area contributed by atoms with Gasteiger partial charge in [-0.25, -0.2) is 4.79 Å². The van der Waals surface area contributed by atoms with Crippen LogP contribution in [0.15, 0.2) is 48.5 Å². The molecule has 2 aromatic carbocycles. The highest BCUT2D eigenvalue weighted by molar-refractivity contribution is 5.79. The standard InChI is InChI=1S/C22H27NO4/c24-14-12-16(25)7-5-6-13-23-22(26)27-15-21-19-10-3-1-8-17(19)18-9-2-4-11-20(18)21/h1-4,8-11,16,21,24-25H,5-7,12-15H2,(H,23,26). The number of nitrogens with one attached hydrogen (secondary N) is 1. The Kier molecular flexibility index (Phi) is 6.85. The van der Waals surface area contributed by atoms with E-state index in [9.17, 15) is 9.90 Å². The SMILES string of the molecule is O=C(NCCCCC(O)CCO)OCC1c2ccccc2-c2ccccc21. The summed E-state index contributed by atoms with van der Waals surface area (Å²) >= 11 is 0. The van der Waals surface area contributed by atoms with Gasteiger partial charge in [0.25, 0.3) is 0 Å². The quantitative estimate of drug-likeness (QED) is 0.592. The first-order valence-corrected chi connectivity index (χ1v) is 9.58. The first-order chi connectivity index (χ1) is 13.2. The van der Waals surface area contributed by atoms with E-state index < -0.39 is 12.2 Å². The average molecular weight is 369 g/mol. The Labute approximate surface area is 160 Å². The zero-order chi connectivity index (χ0) is 19.1. The number of hydrogen-bond acceptors (Lipinski definition) is 4. The maximum Gasteiger partial charge on any atom is 0.407 e. The number of carbonyl (C=O) groups excluding carboxylic acids is 1. The number of benzene rings is 2. The van der Waals surface area contributed by atoms with Gasteiger partial charge in [0.2, 0.25) is 0 Å². The molecule has 0 bridgehead atoms. The first-order valence-electron chi connectivity index (χ1n) is 9.58. The summed E-state index contributed by atoms with van der Waals surface area (Å²) in [6.07, 6.45) is 1.72. The Balaban J connectivity index is 1.46. The average Bonchev–Trinajstić information content (AvgIpc) is 3.00. The van der Waals surface area contributed by atoms with Crippen molar-refractivity contribution in [1.29, 1.82) is 0 Å². The minimum absolute atomic E-state index is 0.000827. The van der Waals surface area contributed by atoms with Gasteiger partial charge in [0.15, 0.2) is 0 Å². The summed E-state index contributed by atoms with van der Waals surface area (Å²) in [7, 11) is 0. The molecule has 144 valence electrons. The predicted octanol–water partition coefficient (Wildman–Crippen LogP) is 3.44. The predicted molar refractivity (Wildman–Crippen MR) is 105 cm³/mol. The summed E-state index contributed by atoms with van der Waals surface area (Å²) in [6.45, 7) is 0.830. The molecule has 3 N–H and O–H groups in total. The molecule has 0 saturated carbocycles. The highest BCUT2D eigenvalue weighted by Crippen LogP contribution is 2.44. The number of ether oxygens (including phenoxy) is 1. The molecule has 5 nitrogen and oxygen atoms in total. The fourth-order valence-corrected chi connectivity index (χ4v) is 3.64. The molecule has 1 aliphatic rings. The summed E-state index contributed by atoms with van der Waals surface area (Å²) in [5, 5.41) is 21.1. The van der Waals surface area contributed by atoms with Gasteiger partial charge in [0.1, 0.15) is 6.61 Å². The van der Waals surface area contributed by atoms with E-state index in [0.29, 0.717) is 26.0 Å². The maximum absolute atomic E-state index is 12.0. The van der Waals surface area contributed by atoms with Gasteiger partial charge in [-0.15, -0.1) is 0 Å². The topological polar surface area (TPSA) is 78.8 Å². The normalized spacial score (nSPS) is 13.7. The minimum Gasteiger partial charge on any atom is -0.449 e. The number of aliphatic hydroxyl groups is 2. The van der Waals surface area contributed by atoms with Gasteiger partial charge in [-0.2, -0.15) is 0 Å². The minimum atomic E-state index is -0.468. The van der Waals surface area contributed by atoms with Crippen LogP contribution in [-0.2, 0) is 4.74 Å². The van der Waals surface area contributed by atoms with Crippen LogP contribution in [-0.4, -0.2) is 42.2 Å². The molecule has 2 aromatic rings. The van der Waals surface area contributed by atoms with Crippen molar-refractivity contribution in [1.82, 2.24) is 5.32 Å². The lowest BCUT2D eigenvalue weighted by molar-refractivity contribution is 0.122. The van der Waals surface area contributed by atoms with Gasteiger partial charge < -0.3 is 20.3 Å². The molecule has 0 spiro atoms. The third-order valence-electron chi connectivity index (χ3n) is 5.04. The summed E-state index contributed by atoms with van der Waals surface area (Å²) in [5.74, 6) is 0.0665. The van der Waals surface area contributed by atoms with Crippen LogP contribution in [0, 0.1) is 0 Å². The van der Waals surface area contributed by atoms with Crippen molar-refractivity contribution in [2.45, 2.75) is 37.7 Å². The summed E-state index contributed by atoms with van der Waals surface area (Å²) in [4.78, 5) is 12.0. The molecule has 0 radical (unpaired) electrons. The highest BCUT2D eigenvalue weighted by atomic mass is 16.5. The number of alkyl carbamates (subject to hydrolysis) is 1. The molecule has 0 aliphatic heterocycles. The van der Waals surface area contributed by atoms with Gasteiger partial charge in [-0.05, 0) is 47.9 Å². The van der Waals surface area contributed by atoms with Crippen LogP contribution in [0.1, 0.15) is 42.7 Å². The summed E-state index contributed by atoms with van der Waals surface area (Å²) in [6, 6.07) is 16.5. The van der Waals surface area contributed by atoms with Crippen molar-refractivity contribution in [3.8, 4) is 11.1 Å². The van der Waals surface area contributed by atoms with Crippen molar-refractivity contribution in [2.24, 2.45) is 0 Å². The molecule has 1 amide bonds. The van der Waals surface area contributed by atoms with Crippen LogP contribution in [0.5, 0.6) is 0 Å². The molecule has 0 fully saturated rings. The fraction of sp³-hybridized carbons (Fsp3) is 0.409. The van der Waals surface area contributed by atoms with E-state index in [2.05, 4.69) is 29.6 Å². The second-order valence-corrected chi connectivity index (χ2v) is 6.91. The number of unbranched alkanes of at least 4 members (excludes halogenated alkanes) is 1. The molecule has 1 aliphatic carbocycles. The summed E-state index contributed by atoms with van der Waals surface area (Å²) < 4.78 is 5.47. The fourth-order valence-electron chi connectivity index (χ4n) is 3.64. The lowest BCUT2D eigenvalue weighted by Crippen LogP contribution is -2.27. The van der Waals surface area contributed by atoms with E-state index in [0.717, 1.165) is 12.8 Å². The van der Waals surface area contributed by atoms with Crippen molar-refractivity contribution >= 4 is 6.09 Å². The largest absolute Gasteiger partial charge is 0.449 e. The number of aliphatic hydroxyl groups excluding tert-OH is 2. The molecule has 5 heteroatoms. The molecule has 0 saturated heterocycles. The van der Waals surface area contributed by atoms with Crippen LogP contribution in [0.3, 0.4) is 0 Å². The van der Waals surface area contributed by atoms with Crippen molar-refractivity contribution in [3.63, 3.8) is 0 Å². The second-order valence-electron chi connectivity index (χ2n) is 6.91. The smallest absolute Gasteiger partial charge is 0.407 e. The zero-order valence-corrected chi connectivity index (χ0v) is 15.4. The molecular weight excluding hydrogens is 342 g/mol. The third-order valence-corrected chi connectivity index (χ3v) is 5.04. The van der Waals surface area contributed by atoms with E-state index in [1.807, 2.05) is 24.3 Å². The lowest BCUT2D eigenvalue weighted by Gasteiger charge is -2.14. The molecular formula is C22H27NO4. The van der Waals surface area contributed by atoms with Crippen LogP contribution >= 0.6 is 0 Å². The van der Waals surface area contributed by atoms with Gasteiger partial charge in [0.05, 0.1) is 6.10 Å². The molecule has 1 unspecified atom stereocenters. The molecule has 27 heavy (non-hydrogen) atoms. The zero-order valence-electron chi connectivity index (χ0n) is 15.4. The van der Waals surface area contributed by atoms with Crippen molar-refractivity contribution in [3.05, 3.63) is 59.7 Å². The highest BCUT2D eigenvalue weighted by Gasteiger charge is 2.28. The van der Waals surface area contributed by atoms with Gasteiger partial charge in [0, 0.05) is 19.1 Å². The first kappa shape index (κ1) is 19.4. The van der Waals surface area contributed by atoms with Gasteiger partial charge in [-0.1, -0.05) is 48.5 Å². The van der Waals surface area contributed by atoms with Crippen LogP contribution in [0.25, 0.3) is 11.1 Å². The van der Waals surface area contributed by atoms with Crippen LogP contribution in [0.4, 0.5) is 4.79 Å². The Hall–Kier alpha value is -2.37. The van der Waals surface area contributed by atoms with Crippen LogP contribution < -0.4 is 5.32 Å². The van der Waals surface area contributed by atoms with Crippen LogP contribution in [0.2, 0.25) is 0 Å². The van der Waals surface area contributed by atoms with E-state index in [-0.39, 0.29) is 12.5 Å². The lowest BCUT2D eigenvalue weighted by atomic mass is 9.98. The van der Waals surface area contributed by atoms with E-state index in [1.54, 1.807) is 0 Å². The number of carbonyl (C=O) groups is 1. The second kappa shape index (κ2) is 9.53. The molecule has 3 rings (SSSR count). The Bertz CT molecular complexity index is 716. The Morgan fingerprint density at radius 3 is 2.26 bits per heavy atom. The van der Waals surface area contributed by atoms with E-state index in [1.165, 1.54) is 22.3 Å². The Morgan fingerprint density at radius 1 is 1.00 bits per heavy atom. The summed E-state index contributed by atoms with van der Waals surface area (Å²) in [5.41, 5.74) is 4.82. The van der Waals surface area contributed by atoms with E-state index in [4.69, 9.17) is 9.84 Å². The van der Waals surface area contributed by atoms with Gasteiger partial charge >= 0.3 is 6.09 Å². The van der Waals surface area contributed by atoms with E-state index >= 15 is 0 Å². The van der Waals surface area contributed by atoms with Crippen molar-refractivity contribution in [2.75, 3.05) is 19.8 Å². The number of hydrogen-bond donors (Lipinski definition) is 3. The molecule has 0 heterocycles. The number of fused-ring (bicyclic) bond motifs is 3. The number of rotatable bonds is 9. The van der Waals surface area contributed by atoms with Crippen molar-refractivity contribution < 1.29 is 19.7 Å². The molecule has 1 atom stereocenters. The van der Waals surface area contributed by atoms with Gasteiger partial charge in [-0.3, -0.25) is 0 Å². The molecule has 0 aromatic heterocycles. The third kappa shape index (κ3) is 4.87. The number of amides is 1.